The van der Waals surface area contributed by atoms with Gasteiger partial charge in [0.2, 0.25) is 5.79 Å². The van der Waals surface area contributed by atoms with Crippen LogP contribution in [0, 0.1) is 11.3 Å². The molecule has 1 heterocycles. The Morgan fingerprint density at radius 3 is 2.56 bits per heavy atom. The normalized spacial score (nSPS) is 24.5. The third kappa shape index (κ3) is 5.97. The number of Topliss-reactive ketones (excluding diaryl/α,β-unsaturated/α-hetero) is 1. The molecule has 1 aromatic carbocycles. The maximum absolute atomic E-state index is 12.6. The lowest BCUT2D eigenvalue weighted by atomic mass is 9.70. The van der Waals surface area contributed by atoms with Gasteiger partial charge in [0.25, 0.3) is 0 Å². The lowest BCUT2D eigenvalue weighted by Crippen LogP contribution is -2.39. The molecule has 2 aliphatic rings. The molecular weight excluding hydrogens is 412 g/mol. The molecule has 0 saturated heterocycles. The molecule has 2 unspecified atom stereocenters. The maximum atomic E-state index is 12.6. The van der Waals surface area contributed by atoms with Gasteiger partial charge in [-0.3, -0.25) is 9.59 Å². The Labute approximate surface area is 189 Å². The zero-order valence-electron chi connectivity index (χ0n) is 19.1. The molecule has 7 heteroatoms. The number of carbonyl (C=O) groups is 3. The highest BCUT2D eigenvalue weighted by Crippen LogP contribution is 2.51. The molecule has 3 rings (SSSR count). The van der Waals surface area contributed by atoms with Gasteiger partial charge in [0.15, 0.2) is 0 Å². The molecule has 0 bridgehead atoms. The Kier molecular flexibility index (Phi) is 7.72. The first-order valence-electron chi connectivity index (χ1n) is 11.1. The fourth-order valence-corrected chi connectivity index (χ4v) is 4.70. The van der Waals surface area contributed by atoms with E-state index in [1.165, 1.54) is 13.2 Å². The summed E-state index contributed by atoms with van der Waals surface area (Å²) in [5.74, 6) is -2.63. The molecule has 1 saturated carbocycles. The van der Waals surface area contributed by atoms with Crippen molar-refractivity contribution in [1.82, 2.24) is 0 Å². The van der Waals surface area contributed by atoms with Crippen molar-refractivity contribution in [2.75, 3.05) is 13.7 Å². The number of hydrogen-bond acceptors (Lipinski definition) is 7. The second-order valence-corrected chi connectivity index (χ2v) is 8.99. The van der Waals surface area contributed by atoms with Gasteiger partial charge >= 0.3 is 11.9 Å². The minimum atomic E-state index is -1.09. The van der Waals surface area contributed by atoms with Crippen molar-refractivity contribution in [1.29, 1.82) is 0 Å². The molecular formula is C25H32O7. The Bertz CT molecular complexity index is 858. The summed E-state index contributed by atoms with van der Waals surface area (Å²) in [6.07, 6.45) is 4.68. The van der Waals surface area contributed by atoms with E-state index in [0.717, 1.165) is 18.4 Å². The van der Waals surface area contributed by atoms with Crippen LogP contribution in [-0.4, -0.2) is 37.2 Å². The Morgan fingerprint density at radius 2 is 1.88 bits per heavy atom. The predicted molar refractivity (Wildman–Crippen MR) is 116 cm³/mol. The zero-order chi connectivity index (χ0) is 23.2. The van der Waals surface area contributed by atoms with Gasteiger partial charge in [0.05, 0.1) is 19.8 Å². The van der Waals surface area contributed by atoms with E-state index < -0.39 is 29.1 Å². The first-order valence-corrected chi connectivity index (χ1v) is 11.1. The van der Waals surface area contributed by atoms with E-state index >= 15 is 0 Å². The quantitative estimate of drug-likeness (QED) is 0.305. The van der Waals surface area contributed by atoms with Crippen LogP contribution < -0.4 is 0 Å². The van der Waals surface area contributed by atoms with Gasteiger partial charge in [-0.05, 0) is 30.2 Å². The van der Waals surface area contributed by atoms with E-state index in [9.17, 15) is 14.4 Å². The molecule has 0 radical (unpaired) electrons. The number of carbonyl (C=O) groups excluding carboxylic acids is 3. The average Bonchev–Trinajstić information content (AvgIpc) is 3.05. The lowest BCUT2D eigenvalue weighted by molar-refractivity contribution is -0.207. The predicted octanol–water partition coefficient (Wildman–Crippen LogP) is 4.10. The number of methoxy groups -OCH3 is 1. The highest BCUT2D eigenvalue weighted by Gasteiger charge is 2.53. The second kappa shape index (κ2) is 10.3. The summed E-state index contributed by atoms with van der Waals surface area (Å²) in [4.78, 5) is 37.2. The van der Waals surface area contributed by atoms with Crippen LogP contribution in [0.4, 0.5) is 0 Å². The monoisotopic (exact) mass is 444 g/mol. The molecule has 174 valence electrons. The topological polar surface area (TPSA) is 88.1 Å². The van der Waals surface area contributed by atoms with E-state index in [0.29, 0.717) is 44.7 Å². The van der Waals surface area contributed by atoms with Crippen molar-refractivity contribution >= 4 is 17.7 Å². The molecule has 1 aliphatic carbocycles. The fourth-order valence-electron chi connectivity index (χ4n) is 4.70. The van der Waals surface area contributed by atoms with Crippen molar-refractivity contribution < 1.29 is 33.3 Å². The first kappa shape index (κ1) is 24.0. The molecule has 1 aliphatic heterocycles. The highest BCUT2D eigenvalue weighted by atomic mass is 16.7. The Hall–Kier alpha value is -2.67. The third-order valence-electron chi connectivity index (χ3n) is 6.09. The van der Waals surface area contributed by atoms with Crippen molar-refractivity contribution in [3.8, 4) is 0 Å². The van der Waals surface area contributed by atoms with Gasteiger partial charge in [-0.25, -0.2) is 4.79 Å². The standard InChI is InChI=1S/C25H32O7/c1-24(2)31-19(15-21(27)32-24)16-25(13-11-20(26)22(25)23(28)29-3)12-7-8-14-30-17-18-9-5-4-6-10-18/h4-6,9-10,15,22H,7-8,11-14,16-17H2,1-3H3. The Morgan fingerprint density at radius 1 is 1.12 bits per heavy atom. The molecule has 1 fully saturated rings. The number of ether oxygens (including phenoxy) is 4. The van der Waals surface area contributed by atoms with Gasteiger partial charge in [-0.1, -0.05) is 36.8 Å². The van der Waals surface area contributed by atoms with E-state index in [1.807, 2.05) is 30.3 Å². The highest BCUT2D eigenvalue weighted by molar-refractivity contribution is 6.01. The SMILES string of the molecule is COC(=O)C1C(=O)CCC1(CCCCOCc1ccccc1)CC1=CC(=O)OC(C)(C)O1. The van der Waals surface area contributed by atoms with Gasteiger partial charge in [-0.2, -0.15) is 0 Å². The van der Waals surface area contributed by atoms with Crippen molar-refractivity contribution in [3.63, 3.8) is 0 Å². The summed E-state index contributed by atoms with van der Waals surface area (Å²) in [5, 5.41) is 0. The minimum absolute atomic E-state index is 0.115. The number of esters is 2. The van der Waals surface area contributed by atoms with Gasteiger partial charge < -0.3 is 18.9 Å². The lowest BCUT2D eigenvalue weighted by Gasteiger charge is -2.37. The summed E-state index contributed by atoms with van der Waals surface area (Å²) in [6, 6.07) is 9.96. The molecule has 1 aromatic rings. The van der Waals surface area contributed by atoms with Crippen LogP contribution in [0.15, 0.2) is 42.2 Å². The Balaban J connectivity index is 1.65. The molecule has 0 spiro atoms. The van der Waals surface area contributed by atoms with Crippen molar-refractivity contribution in [2.45, 2.75) is 64.8 Å². The number of allylic oxidation sites excluding steroid dienone is 1. The van der Waals surface area contributed by atoms with Crippen LogP contribution in [0.2, 0.25) is 0 Å². The third-order valence-corrected chi connectivity index (χ3v) is 6.09. The van der Waals surface area contributed by atoms with Crippen LogP contribution in [0.5, 0.6) is 0 Å². The van der Waals surface area contributed by atoms with E-state index in [1.54, 1.807) is 13.8 Å². The van der Waals surface area contributed by atoms with E-state index in [4.69, 9.17) is 18.9 Å². The summed E-state index contributed by atoms with van der Waals surface area (Å²) in [6.45, 7) is 4.45. The van der Waals surface area contributed by atoms with Crippen LogP contribution in [0.25, 0.3) is 0 Å². The number of ketones is 1. The number of unbranched alkanes of at least 4 members (excludes halogenated alkanes) is 1. The van der Waals surface area contributed by atoms with Crippen LogP contribution in [0.1, 0.15) is 57.9 Å². The second-order valence-electron chi connectivity index (χ2n) is 8.99. The van der Waals surface area contributed by atoms with Gasteiger partial charge in [0, 0.05) is 33.3 Å². The molecule has 7 nitrogen and oxygen atoms in total. The smallest absolute Gasteiger partial charge is 0.337 e. The summed E-state index contributed by atoms with van der Waals surface area (Å²) < 4.78 is 21.8. The molecule has 2 atom stereocenters. The average molecular weight is 445 g/mol. The molecule has 0 N–H and O–H groups in total. The molecule has 32 heavy (non-hydrogen) atoms. The van der Waals surface area contributed by atoms with Crippen molar-refractivity contribution in [3.05, 3.63) is 47.7 Å². The zero-order valence-corrected chi connectivity index (χ0v) is 19.1. The number of rotatable bonds is 10. The van der Waals surface area contributed by atoms with Gasteiger partial charge in [0.1, 0.15) is 17.5 Å². The van der Waals surface area contributed by atoms with Crippen LogP contribution in [-0.2, 0) is 39.9 Å². The van der Waals surface area contributed by atoms with Crippen molar-refractivity contribution in [2.24, 2.45) is 11.3 Å². The number of benzene rings is 1. The molecule has 0 amide bonds. The van der Waals surface area contributed by atoms with E-state index in [-0.39, 0.29) is 5.78 Å². The summed E-state index contributed by atoms with van der Waals surface area (Å²) in [7, 11) is 1.30. The van der Waals surface area contributed by atoms with Crippen LogP contribution in [0.3, 0.4) is 0 Å². The van der Waals surface area contributed by atoms with E-state index in [2.05, 4.69) is 0 Å². The van der Waals surface area contributed by atoms with Crippen LogP contribution >= 0.6 is 0 Å². The summed E-state index contributed by atoms with van der Waals surface area (Å²) in [5.41, 5.74) is 0.468. The largest absolute Gasteiger partial charge is 0.468 e. The number of hydrogen-bond donors (Lipinski definition) is 0. The number of cyclic esters (lactones) is 1. The molecule has 0 aromatic heterocycles. The maximum Gasteiger partial charge on any atom is 0.337 e. The summed E-state index contributed by atoms with van der Waals surface area (Å²) >= 11 is 0. The minimum Gasteiger partial charge on any atom is -0.468 e. The first-order chi connectivity index (χ1) is 15.2. The fraction of sp³-hybridized carbons (Fsp3) is 0.560. The van der Waals surface area contributed by atoms with Gasteiger partial charge in [-0.15, -0.1) is 0 Å².